The van der Waals surface area contributed by atoms with E-state index in [0.29, 0.717) is 10.6 Å². The van der Waals surface area contributed by atoms with Crippen LogP contribution in [0.25, 0.3) is 0 Å². The van der Waals surface area contributed by atoms with Crippen molar-refractivity contribution in [3.63, 3.8) is 0 Å². The molecule has 0 aliphatic carbocycles. The van der Waals surface area contributed by atoms with E-state index in [1.165, 1.54) is 30.8 Å². The molecular weight excluding hydrogens is 306 g/mol. The number of anilines is 1. The number of hydrogen-bond donors (Lipinski definition) is 1. The third-order valence-corrected chi connectivity index (χ3v) is 3.55. The molecule has 2 rings (SSSR count). The molecule has 2 aromatic heterocycles. The summed E-state index contributed by atoms with van der Waals surface area (Å²) in [6.45, 7) is 0. The smallest absolute Gasteiger partial charge is 0.316 e. The molecule has 0 atom stereocenters. The average molecular weight is 314 g/mol. The highest BCUT2D eigenvalue weighted by Crippen LogP contribution is 2.20. The van der Waals surface area contributed by atoms with Gasteiger partial charge in [-0.3, -0.25) is 4.79 Å². The zero-order valence-electron chi connectivity index (χ0n) is 8.81. The molecule has 0 aliphatic heterocycles. The third kappa shape index (κ3) is 3.01. The Hall–Kier alpha value is -1.47. The van der Waals surface area contributed by atoms with Gasteiger partial charge in [0.1, 0.15) is 0 Å². The summed E-state index contributed by atoms with van der Waals surface area (Å²) in [4.78, 5) is 20.2. The summed E-state index contributed by atoms with van der Waals surface area (Å²) in [5.74, 6) is -0.186. The molecule has 0 bridgehead atoms. The maximum absolute atomic E-state index is 11.8. The van der Waals surface area contributed by atoms with Crippen molar-refractivity contribution in [2.45, 2.75) is 0 Å². The molecule has 0 radical (unpaired) electrons. The van der Waals surface area contributed by atoms with Gasteiger partial charge in [-0.15, -0.1) is 11.3 Å². The lowest BCUT2D eigenvalue weighted by Crippen LogP contribution is -2.10. The summed E-state index contributed by atoms with van der Waals surface area (Å²) >= 11 is 4.65. The number of rotatable bonds is 3. The van der Waals surface area contributed by atoms with Gasteiger partial charge in [0.2, 0.25) is 0 Å². The number of nitrogens with one attached hydrogen (secondary N) is 1. The van der Waals surface area contributed by atoms with Crippen LogP contribution >= 0.6 is 27.3 Å². The number of carbonyl (C=O) groups excluding carboxylic acids is 1. The summed E-state index contributed by atoms with van der Waals surface area (Å²) in [5.41, 5.74) is 0.528. The predicted octanol–water partition coefficient (Wildman–Crippen LogP) is 2.56. The van der Waals surface area contributed by atoms with Crippen molar-refractivity contribution >= 4 is 38.9 Å². The first-order chi connectivity index (χ1) is 8.19. The molecule has 0 spiro atoms. The molecule has 1 amide bonds. The predicted molar refractivity (Wildman–Crippen MR) is 68.6 cm³/mol. The first-order valence-corrected chi connectivity index (χ1v) is 6.27. The maximum atomic E-state index is 11.8. The number of amides is 1. The number of thiophene rings is 1. The van der Waals surface area contributed by atoms with E-state index in [0.717, 1.165) is 4.47 Å². The molecule has 1 N–H and O–H groups in total. The molecule has 7 heteroatoms. The Morgan fingerprint density at radius 2 is 2.18 bits per heavy atom. The van der Waals surface area contributed by atoms with Crippen molar-refractivity contribution < 1.29 is 9.53 Å². The lowest BCUT2D eigenvalue weighted by Gasteiger charge is -2.02. The highest BCUT2D eigenvalue weighted by Gasteiger charge is 2.09. The molecule has 5 nitrogen and oxygen atoms in total. The number of halogens is 1. The molecule has 88 valence electrons. The van der Waals surface area contributed by atoms with Gasteiger partial charge in [0.25, 0.3) is 5.91 Å². The molecule has 17 heavy (non-hydrogen) atoms. The van der Waals surface area contributed by atoms with Gasteiger partial charge in [-0.2, -0.15) is 0 Å². The number of nitrogens with zero attached hydrogens (tertiary/aromatic N) is 2. The maximum Gasteiger partial charge on any atom is 0.316 e. The van der Waals surface area contributed by atoms with E-state index in [2.05, 4.69) is 31.2 Å². The second kappa shape index (κ2) is 5.24. The summed E-state index contributed by atoms with van der Waals surface area (Å²) < 4.78 is 5.71. The van der Waals surface area contributed by atoms with Crippen molar-refractivity contribution in [2.24, 2.45) is 0 Å². The normalized spacial score (nSPS) is 10.0. The highest BCUT2D eigenvalue weighted by atomic mass is 79.9. The molecular formula is C10H8BrN3O2S. The van der Waals surface area contributed by atoms with E-state index in [4.69, 9.17) is 4.74 Å². The Bertz CT molecular complexity index is 527. The topological polar surface area (TPSA) is 64.1 Å². The number of methoxy groups -OCH3 is 1. The van der Waals surface area contributed by atoms with E-state index in [1.54, 1.807) is 6.07 Å². The van der Waals surface area contributed by atoms with Crippen LogP contribution in [0, 0.1) is 0 Å². The Morgan fingerprint density at radius 1 is 1.47 bits per heavy atom. The Kier molecular flexibility index (Phi) is 3.70. The van der Waals surface area contributed by atoms with E-state index in [1.807, 2.05) is 5.38 Å². The lowest BCUT2D eigenvalue weighted by atomic mass is 10.4. The van der Waals surface area contributed by atoms with Crippen molar-refractivity contribution in [3.8, 4) is 6.01 Å². The van der Waals surface area contributed by atoms with Crippen LogP contribution in [0.2, 0.25) is 0 Å². The van der Waals surface area contributed by atoms with Gasteiger partial charge < -0.3 is 10.1 Å². The number of aromatic nitrogens is 2. The van der Waals surface area contributed by atoms with Crippen molar-refractivity contribution in [3.05, 3.63) is 33.2 Å². The molecule has 0 unspecified atom stereocenters. The standard InChI is InChI=1S/C10H8BrN3O2S/c1-16-10-12-3-7(4-13-10)14-9(15)8-2-6(11)5-17-8/h2-5H,1H3,(H,14,15). The van der Waals surface area contributed by atoms with Crippen LogP contribution in [-0.4, -0.2) is 23.0 Å². The van der Waals surface area contributed by atoms with Crippen LogP contribution in [0.4, 0.5) is 5.69 Å². The number of carbonyl (C=O) groups is 1. The fourth-order valence-corrected chi connectivity index (χ4v) is 2.43. The largest absolute Gasteiger partial charge is 0.467 e. The van der Waals surface area contributed by atoms with Crippen LogP contribution in [0.15, 0.2) is 28.3 Å². The quantitative estimate of drug-likeness (QED) is 0.946. The molecule has 2 aromatic rings. The Morgan fingerprint density at radius 3 is 2.71 bits per heavy atom. The van der Waals surface area contributed by atoms with Gasteiger partial charge >= 0.3 is 6.01 Å². The molecule has 0 saturated heterocycles. The third-order valence-electron chi connectivity index (χ3n) is 1.86. The fourth-order valence-electron chi connectivity index (χ4n) is 1.11. The van der Waals surface area contributed by atoms with Gasteiger partial charge in [0.15, 0.2) is 0 Å². The van der Waals surface area contributed by atoms with E-state index in [-0.39, 0.29) is 11.9 Å². The van der Waals surface area contributed by atoms with E-state index >= 15 is 0 Å². The van der Waals surface area contributed by atoms with Crippen LogP contribution < -0.4 is 10.1 Å². The lowest BCUT2D eigenvalue weighted by molar-refractivity contribution is 0.103. The minimum Gasteiger partial charge on any atom is -0.467 e. The van der Waals surface area contributed by atoms with Gasteiger partial charge in [0, 0.05) is 9.85 Å². The van der Waals surface area contributed by atoms with Gasteiger partial charge in [-0.05, 0) is 22.0 Å². The number of ether oxygens (including phenoxy) is 1. The SMILES string of the molecule is COc1ncc(NC(=O)c2cc(Br)cs2)cn1. The Labute approximate surface area is 110 Å². The molecule has 2 heterocycles. The minimum atomic E-state index is -0.186. The summed E-state index contributed by atoms with van der Waals surface area (Å²) in [6, 6.07) is 2.02. The van der Waals surface area contributed by atoms with Gasteiger partial charge in [-0.1, -0.05) is 0 Å². The van der Waals surface area contributed by atoms with Crippen molar-refractivity contribution in [1.82, 2.24) is 9.97 Å². The van der Waals surface area contributed by atoms with Crippen LogP contribution in [0.1, 0.15) is 9.67 Å². The minimum absolute atomic E-state index is 0.186. The zero-order valence-corrected chi connectivity index (χ0v) is 11.2. The molecule has 0 aliphatic rings. The highest BCUT2D eigenvalue weighted by molar-refractivity contribution is 9.10. The zero-order chi connectivity index (χ0) is 12.3. The van der Waals surface area contributed by atoms with Gasteiger partial charge in [0.05, 0.1) is 30.1 Å². The fraction of sp³-hybridized carbons (Fsp3) is 0.100. The van der Waals surface area contributed by atoms with Crippen LogP contribution in [0.3, 0.4) is 0 Å². The first-order valence-electron chi connectivity index (χ1n) is 4.60. The molecule has 0 aromatic carbocycles. The average Bonchev–Trinajstić information content (AvgIpc) is 2.77. The Balaban J connectivity index is 2.07. The summed E-state index contributed by atoms with van der Waals surface area (Å²) in [7, 11) is 1.48. The summed E-state index contributed by atoms with van der Waals surface area (Å²) in [6.07, 6.45) is 2.98. The van der Waals surface area contributed by atoms with Crippen molar-refractivity contribution in [2.75, 3.05) is 12.4 Å². The summed E-state index contributed by atoms with van der Waals surface area (Å²) in [5, 5.41) is 4.54. The van der Waals surface area contributed by atoms with Crippen LogP contribution in [0.5, 0.6) is 6.01 Å². The van der Waals surface area contributed by atoms with E-state index < -0.39 is 0 Å². The van der Waals surface area contributed by atoms with Crippen LogP contribution in [-0.2, 0) is 0 Å². The van der Waals surface area contributed by atoms with E-state index in [9.17, 15) is 4.79 Å². The molecule has 0 saturated carbocycles. The number of hydrogen-bond acceptors (Lipinski definition) is 5. The van der Waals surface area contributed by atoms with Gasteiger partial charge in [-0.25, -0.2) is 9.97 Å². The molecule has 0 fully saturated rings. The second-order valence-corrected chi connectivity index (χ2v) is 4.87. The first kappa shape index (κ1) is 12.0. The monoisotopic (exact) mass is 313 g/mol. The van der Waals surface area contributed by atoms with Crippen molar-refractivity contribution in [1.29, 1.82) is 0 Å². The second-order valence-electron chi connectivity index (χ2n) is 3.04.